The maximum atomic E-state index is 6.09. The van der Waals surface area contributed by atoms with Crippen LogP contribution < -0.4 is 0 Å². The summed E-state index contributed by atoms with van der Waals surface area (Å²) in [6.07, 6.45) is 1.40. The van der Waals surface area contributed by atoms with E-state index in [0.29, 0.717) is 20.9 Å². The zero-order valence-corrected chi connectivity index (χ0v) is 10.6. The van der Waals surface area contributed by atoms with Gasteiger partial charge in [0, 0.05) is 16.1 Å². The summed E-state index contributed by atoms with van der Waals surface area (Å²) in [5, 5.41) is 1.61. The molecule has 0 amide bonds. The van der Waals surface area contributed by atoms with Crippen LogP contribution in [-0.2, 0) is 0 Å². The third-order valence-corrected chi connectivity index (χ3v) is 3.15. The largest absolute Gasteiger partial charge is 0.236 e. The second kappa shape index (κ2) is 4.58. The predicted molar refractivity (Wildman–Crippen MR) is 67.2 cm³/mol. The van der Waals surface area contributed by atoms with Gasteiger partial charge in [-0.05, 0) is 25.1 Å². The molecule has 0 saturated carbocycles. The molecule has 2 nitrogen and oxygen atoms in total. The van der Waals surface area contributed by atoms with Crippen LogP contribution in [0.1, 0.15) is 5.56 Å². The lowest BCUT2D eigenvalue weighted by Crippen LogP contribution is -1.92. The Balaban J connectivity index is 2.67. The maximum absolute atomic E-state index is 6.09. The van der Waals surface area contributed by atoms with Crippen molar-refractivity contribution in [1.82, 2.24) is 9.97 Å². The molecule has 0 atom stereocenters. The first kappa shape index (κ1) is 11.6. The average Bonchev–Trinajstić information content (AvgIpc) is 2.26. The number of rotatable bonds is 1. The second-order valence-corrected chi connectivity index (χ2v) is 4.46. The van der Waals surface area contributed by atoms with E-state index >= 15 is 0 Å². The molecular weight excluding hydrogens is 266 g/mol. The molecule has 0 unspecified atom stereocenters. The smallest absolute Gasteiger partial charge is 0.135 e. The van der Waals surface area contributed by atoms with E-state index in [1.54, 1.807) is 18.2 Å². The molecule has 82 valence electrons. The molecule has 0 N–H and O–H groups in total. The van der Waals surface area contributed by atoms with Gasteiger partial charge in [0.1, 0.15) is 11.5 Å². The van der Waals surface area contributed by atoms with Crippen LogP contribution in [0.3, 0.4) is 0 Å². The third-order valence-electron chi connectivity index (χ3n) is 2.21. The third kappa shape index (κ3) is 2.14. The first-order valence-corrected chi connectivity index (χ1v) is 5.65. The Hall–Kier alpha value is -0.830. The Bertz CT molecular complexity index is 541. The van der Waals surface area contributed by atoms with Gasteiger partial charge in [0.2, 0.25) is 0 Å². The van der Waals surface area contributed by atoms with Gasteiger partial charge in [-0.2, -0.15) is 0 Å². The summed E-state index contributed by atoms with van der Waals surface area (Å²) in [6.45, 7) is 1.84. The molecule has 2 aromatic rings. The molecule has 5 heteroatoms. The van der Waals surface area contributed by atoms with E-state index in [2.05, 4.69) is 9.97 Å². The van der Waals surface area contributed by atoms with Gasteiger partial charge < -0.3 is 0 Å². The fourth-order valence-corrected chi connectivity index (χ4v) is 1.89. The molecule has 2 rings (SSSR count). The molecule has 0 fully saturated rings. The summed E-state index contributed by atoms with van der Waals surface area (Å²) in [6, 6.07) is 5.22. The molecule has 1 aromatic heterocycles. The van der Waals surface area contributed by atoms with Gasteiger partial charge in [0.15, 0.2) is 0 Å². The standard InChI is InChI=1S/C11H7Cl3N2/c1-6-10(15-5-16-11(6)14)8-4-7(12)2-3-9(8)13/h2-5H,1H3. The average molecular weight is 274 g/mol. The Morgan fingerprint density at radius 1 is 1.06 bits per heavy atom. The van der Waals surface area contributed by atoms with Crippen molar-refractivity contribution in [2.24, 2.45) is 0 Å². The van der Waals surface area contributed by atoms with Crippen LogP contribution in [0, 0.1) is 6.92 Å². The van der Waals surface area contributed by atoms with Gasteiger partial charge in [0.05, 0.1) is 10.7 Å². The number of halogens is 3. The monoisotopic (exact) mass is 272 g/mol. The van der Waals surface area contributed by atoms with Gasteiger partial charge in [-0.3, -0.25) is 0 Å². The van der Waals surface area contributed by atoms with Crippen molar-refractivity contribution >= 4 is 34.8 Å². The molecule has 0 aliphatic carbocycles. The Kier molecular flexibility index (Phi) is 3.33. The van der Waals surface area contributed by atoms with Crippen molar-refractivity contribution in [2.45, 2.75) is 6.92 Å². The topological polar surface area (TPSA) is 25.8 Å². The van der Waals surface area contributed by atoms with Crippen LogP contribution in [0.4, 0.5) is 0 Å². The molecule has 0 aliphatic rings. The van der Waals surface area contributed by atoms with Crippen LogP contribution in [-0.4, -0.2) is 9.97 Å². The molecule has 0 bridgehead atoms. The minimum atomic E-state index is 0.418. The van der Waals surface area contributed by atoms with Crippen molar-refractivity contribution in [3.8, 4) is 11.3 Å². The summed E-state index contributed by atoms with van der Waals surface area (Å²) in [5.74, 6) is 0. The lowest BCUT2D eigenvalue weighted by atomic mass is 10.1. The zero-order chi connectivity index (χ0) is 11.7. The first-order valence-electron chi connectivity index (χ1n) is 4.52. The second-order valence-electron chi connectivity index (χ2n) is 3.26. The molecular formula is C11H7Cl3N2. The van der Waals surface area contributed by atoms with Crippen LogP contribution in [0.15, 0.2) is 24.5 Å². The van der Waals surface area contributed by atoms with Crippen LogP contribution >= 0.6 is 34.8 Å². The van der Waals surface area contributed by atoms with E-state index in [9.17, 15) is 0 Å². The fraction of sp³-hybridized carbons (Fsp3) is 0.0909. The number of hydrogen-bond acceptors (Lipinski definition) is 2. The highest BCUT2D eigenvalue weighted by Gasteiger charge is 2.11. The SMILES string of the molecule is Cc1c(Cl)ncnc1-c1cc(Cl)ccc1Cl. The molecule has 0 saturated heterocycles. The summed E-state index contributed by atoms with van der Waals surface area (Å²) >= 11 is 17.9. The Morgan fingerprint density at radius 3 is 2.56 bits per heavy atom. The van der Waals surface area contributed by atoms with Gasteiger partial charge >= 0.3 is 0 Å². The van der Waals surface area contributed by atoms with Gasteiger partial charge in [-0.1, -0.05) is 34.8 Å². The van der Waals surface area contributed by atoms with Gasteiger partial charge in [-0.15, -0.1) is 0 Å². The van der Waals surface area contributed by atoms with Crippen molar-refractivity contribution < 1.29 is 0 Å². The quantitative estimate of drug-likeness (QED) is 0.719. The van der Waals surface area contributed by atoms with Gasteiger partial charge in [0.25, 0.3) is 0 Å². The van der Waals surface area contributed by atoms with Gasteiger partial charge in [-0.25, -0.2) is 9.97 Å². The molecule has 0 radical (unpaired) electrons. The van der Waals surface area contributed by atoms with E-state index in [4.69, 9.17) is 34.8 Å². The van der Waals surface area contributed by atoms with Crippen LogP contribution in [0.5, 0.6) is 0 Å². The number of benzene rings is 1. The first-order chi connectivity index (χ1) is 7.59. The zero-order valence-electron chi connectivity index (χ0n) is 8.34. The normalized spacial score (nSPS) is 10.5. The fourth-order valence-electron chi connectivity index (χ4n) is 1.38. The van der Waals surface area contributed by atoms with E-state index in [1.165, 1.54) is 6.33 Å². The van der Waals surface area contributed by atoms with Crippen molar-refractivity contribution in [1.29, 1.82) is 0 Å². The van der Waals surface area contributed by atoms with E-state index in [-0.39, 0.29) is 0 Å². The number of hydrogen-bond donors (Lipinski definition) is 0. The number of aromatic nitrogens is 2. The summed E-state index contributed by atoms with van der Waals surface area (Å²) < 4.78 is 0. The van der Waals surface area contributed by atoms with Crippen molar-refractivity contribution in [3.63, 3.8) is 0 Å². The maximum Gasteiger partial charge on any atom is 0.135 e. The van der Waals surface area contributed by atoms with E-state index in [1.807, 2.05) is 6.92 Å². The Labute approximate surface area is 108 Å². The predicted octanol–water partition coefficient (Wildman–Crippen LogP) is 4.41. The minimum absolute atomic E-state index is 0.418. The highest BCUT2D eigenvalue weighted by Crippen LogP contribution is 2.32. The van der Waals surface area contributed by atoms with Crippen molar-refractivity contribution in [2.75, 3.05) is 0 Å². The highest BCUT2D eigenvalue weighted by atomic mass is 35.5. The summed E-state index contributed by atoms with van der Waals surface area (Å²) in [5.41, 5.74) is 2.25. The van der Waals surface area contributed by atoms with Crippen LogP contribution in [0.2, 0.25) is 15.2 Å². The highest BCUT2D eigenvalue weighted by molar-refractivity contribution is 6.35. The van der Waals surface area contributed by atoms with E-state index in [0.717, 1.165) is 11.1 Å². The molecule has 0 aliphatic heterocycles. The molecule has 0 spiro atoms. The lowest BCUT2D eigenvalue weighted by molar-refractivity contribution is 1.13. The molecule has 1 heterocycles. The lowest BCUT2D eigenvalue weighted by Gasteiger charge is -2.07. The Morgan fingerprint density at radius 2 is 1.81 bits per heavy atom. The van der Waals surface area contributed by atoms with E-state index < -0.39 is 0 Å². The van der Waals surface area contributed by atoms with Crippen LogP contribution in [0.25, 0.3) is 11.3 Å². The summed E-state index contributed by atoms with van der Waals surface area (Å²) in [4.78, 5) is 8.07. The summed E-state index contributed by atoms with van der Waals surface area (Å²) in [7, 11) is 0. The number of nitrogens with zero attached hydrogens (tertiary/aromatic N) is 2. The minimum Gasteiger partial charge on any atom is -0.236 e. The molecule has 1 aromatic carbocycles. The molecule has 16 heavy (non-hydrogen) atoms. The van der Waals surface area contributed by atoms with Crippen molar-refractivity contribution in [3.05, 3.63) is 45.3 Å².